The minimum atomic E-state index is -0.802. The van der Waals surface area contributed by atoms with Gasteiger partial charge >= 0.3 is 5.97 Å². The van der Waals surface area contributed by atoms with Gasteiger partial charge in [-0.15, -0.1) is 0 Å². The molecule has 2 N–H and O–H groups in total. The van der Waals surface area contributed by atoms with Crippen LogP contribution in [-0.4, -0.2) is 45.6 Å². The quantitative estimate of drug-likeness (QED) is 0.576. The Balaban J connectivity index is 2.75. The van der Waals surface area contributed by atoms with Crippen molar-refractivity contribution >= 4 is 35.3 Å². The van der Waals surface area contributed by atoms with E-state index in [1.165, 1.54) is 0 Å². The minimum absolute atomic E-state index is 0.0834. The van der Waals surface area contributed by atoms with Gasteiger partial charge in [-0.2, -0.15) is 0 Å². The summed E-state index contributed by atoms with van der Waals surface area (Å²) >= 11 is 0. The Morgan fingerprint density at radius 1 is 1.50 bits per heavy atom. The molecule has 1 aromatic heterocycles. The van der Waals surface area contributed by atoms with Crippen LogP contribution in [0.3, 0.4) is 0 Å². The fourth-order valence-electron chi connectivity index (χ4n) is 1.37. The van der Waals surface area contributed by atoms with Crippen LogP contribution in [0.1, 0.15) is 6.42 Å². The van der Waals surface area contributed by atoms with Gasteiger partial charge in [0.2, 0.25) is 0 Å². The summed E-state index contributed by atoms with van der Waals surface area (Å²) in [5.74, 6) is -0.0907. The highest BCUT2D eigenvalue weighted by atomic mass is 16.4. The molecule has 16 heavy (non-hydrogen) atoms. The van der Waals surface area contributed by atoms with E-state index in [-0.39, 0.29) is 17.6 Å². The highest BCUT2D eigenvalue weighted by molar-refractivity contribution is 6.59. The van der Waals surface area contributed by atoms with Crippen LogP contribution in [0, 0.1) is 0 Å². The van der Waals surface area contributed by atoms with Gasteiger partial charge in [-0.25, -0.2) is 4.98 Å². The molecule has 0 radical (unpaired) electrons. The lowest BCUT2D eigenvalue weighted by Crippen LogP contribution is -2.38. The van der Waals surface area contributed by atoms with Crippen LogP contribution in [0.15, 0.2) is 24.4 Å². The SMILES string of the molecule is BC(B)(B)C(CC(=O)O)Nc1ccccn1. The number of nitrogens with one attached hydrogen (secondary N) is 1. The molecule has 0 amide bonds. The number of rotatable bonds is 5. The van der Waals surface area contributed by atoms with Crippen molar-refractivity contribution in [3.05, 3.63) is 24.4 Å². The molecule has 1 aromatic rings. The van der Waals surface area contributed by atoms with Gasteiger partial charge in [-0.05, 0) is 12.1 Å². The van der Waals surface area contributed by atoms with Gasteiger partial charge in [0.25, 0.3) is 0 Å². The van der Waals surface area contributed by atoms with Gasteiger partial charge in [-0.3, -0.25) is 4.79 Å². The molecule has 7 heteroatoms. The van der Waals surface area contributed by atoms with Crippen molar-refractivity contribution in [2.45, 2.75) is 17.6 Å². The largest absolute Gasteiger partial charge is 0.481 e. The standard InChI is InChI=1S/C9H15B3N2O2/c10-9(11,12)6(5-8(15)16)14-7-3-1-2-4-13-7/h1-4,6H,5,10-12H2,(H,13,14)(H,15,16). The second-order valence-electron chi connectivity index (χ2n) is 4.88. The number of hydrogen-bond donors (Lipinski definition) is 2. The van der Waals surface area contributed by atoms with Crippen LogP contribution in [0.25, 0.3) is 0 Å². The zero-order valence-electron chi connectivity index (χ0n) is 9.90. The molecule has 1 rings (SSSR count). The third-order valence-electron chi connectivity index (χ3n) is 2.41. The molecule has 1 atom stereocenters. The third-order valence-corrected chi connectivity index (χ3v) is 2.41. The van der Waals surface area contributed by atoms with E-state index in [2.05, 4.69) is 10.3 Å². The molecule has 0 saturated carbocycles. The number of aromatic nitrogens is 1. The lowest BCUT2D eigenvalue weighted by atomic mass is 9.39. The van der Waals surface area contributed by atoms with E-state index < -0.39 is 5.97 Å². The molecule has 0 aliphatic rings. The summed E-state index contributed by atoms with van der Waals surface area (Å²) < 4.78 is 0. The maximum atomic E-state index is 10.8. The summed E-state index contributed by atoms with van der Waals surface area (Å²) in [5, 5.41) is 11.9. The molecule has 0 aliphatic carbocycles. The lowest BCUT2D eigenvalue weighted by molar-refractivity contribution is -0.137. The summed E-state index contributed by atoms with van der Waals surface area (Å²) in [6, 6.07) is 5.39. The molecular weight excluding hydrogens is 201 g/mol. The first-order valence-corrected chi connectivity index (χ1v) is 5.29. The first-order valence-electron chi connectivity index (χ1n) is 5.29. The Bertz CT molecular complexity index is 354. The molecular formula is C9H15B3N2O2. The predicted octanol–water partition coefficient (Wildman–Crippen LogP) is -1.69. The van der Waals surface area contributed by atoms with E-state index in [9.17, 15) is 4.79 Å². The topological polar surface area (TPSA) is 62.2 Å². The molecule has 0 spiro atoms. The normalized spacial score (nSPS) is 13.0. The Hall–Kier alpha value is -1.39. The Morgan fingerprint density at radius 2 is 2.19 bits per heavy atom. The fraction of sp³-hybridized carbons (Fsp3) is 0.333. The smallest absolute Gasteiger partial charge is 0.305 e. The number of pyridine rings is 1. The average molecular weight is 216 g/mol. The minimum Gasteiger partial charge on any atom is -0.481 e. The lowest BCUT2D eigenvalue weighted by Gasteiger charge is -2.31. The number of aliphatic carboxylic acids is 1. The summed E-state index contributed by atoms with van der Waals surface area (Å²) in [7, 11) is 6.03. The molecule has 1 heterocycles. The van der Waals surface area contributed by atoms with Gasteiger partial charge in [0.15, 0.2) is 0 Å². The zero-order valence-corrected chi connectivity index (χ0v) is 9.90. The van der Waals surface area contributed by atoms with Gasteiger partial charge < -0.3 is 10.4 Å². The van der Waals surface area contributed by atoms with Crippen molar-refractivity contribution in [3.8, 4) is 0 Å². The third kappa shape index (κ3) is 4.00. The average Bonchev–Trinajstić information content (AvgIpc) is 2.16. The number of carboxylic acids is 1. The molecule has 82 valence electrons. The molecule has 4 nitrogen and oxygen atoms in total. The van der Waals surface area contributed by atoms with E-state index >= 15 is 0 Å². The van der Waals surface area contributed by atoms with E-state index in [1.54, 1.807) is 6.20 Å². The highest BCUT2D eigenvalue weighted by Crippen LogP contribution is 2.22. The maximum Gasteiger partial charge on any atom is 0.305 e. The Morgan fingerprint density at radius 3 is 2.62 bits per heavy atom. The van der Waals surface area contributed by atoms with Gasteiger partial charge in [0, 0.05) is 12.2 Å². The first kappa shape index (κ1) is 12.7. The van der Waals surface area contributed by atoms with Crippen LogP contribution < -0.4 is 5.32 Å². The summed E-state index contributed by atoms with van der Waals surface area (Å²) in [6.07, 6.45) is 1.77. The van der Waals surface area contributed by atoms with E-state index in [0.717, 1.165) is 0 Å². The molecule has 0 saturated heterocycles. The summed E-state index contributed by atoms with van der Waals surface area (Å²) in [4.78, 5) is 14.9. The second kappa shape index (κ2) is 5.10. The Kier molecular flexibility index (Phi) is 4.04. The number of carboxylic acid groups (broad SMARTS) is 1. The molecule has 1 unspecified atom stereocenters. The van der Waals surface area contributed by atoms with Crippen LogP contribution in [-0.2, 0) is 4.79 Å². The summed E-state index contributed by atoms with van der Waals surface area (Å²) in [5.41, 5.74) is 0. The highest BCUT2D eigenvalue weighted by Gasteiger charge is 2.26. The van der Waals surface area contributed by atoms with Crippen molar-refractivity contribution in [2.24, 2.45) is 0 Å². The molecule has 0 fully saturated rings. The van der Waals surface area contributed by atoms with E-state index in [0.29, 0.717) is 5.82 Å². The predicted molar refractivity (Wildman–Crippen MR) is 72.2 cm³/mol. The van der Waals surface area contributed by atoms with Crippen LogP contribution in [0.2, 0.25) is 5.11 Å². The van der Waals surface area contributed by atoms with Gasteiger partial charge in [0.05, 0.1) is 30.0 Å². The number of anilines is 1. The molecule has 0 aromatic carbocycles. The molecule has 0 bridgehead atoms. The number of carbonyl (C=O) groups is 1. The number of nitrogens with zero attached hydrogens (tertiary/aromatic N) is 1. The Labute approximate surface area is 98.1 Å². The van der Waals surface area contributed by atoms with Gasteiger partial charge in [0.1, 0.15) is 5.82 Å². The van der Waals surface area contributed by atoms with Crippen molar-refractivity contribution in [3.63, 3.8) is 0 Å². The molecule has 0 aliphatic heterocycles. The summed E-state index contributed by atoms with van der Waals surface area (Å²) in [6.45, 7) is 0. The van der Waals surface area contributed by atoms with E-state index in [4.69, 9.17) is 5.11 Å². The van der Waals surface area contributed by atoms with Crippen molar-refractivity contribution in [1.29, 1.82) is 0 Å². The van der Waals surface area contributed by atoms with Crippen LogP contribution in [0.4, 0.5) is 5.82 Å². The van der Waals surface area contributed by atoms with Crippen LogP contribution in [0.5, 0.6) is 0 Å². The van der Waals surface area contributed by atoms with Crippen molar-refractivity contribution < 1.29 is 9.90 Å². The van der Waals surface area contributed by atoms with Crippen molar-refractivity contribution in [1.82, 2.24) is 4.98 Å². The fourth-order valence-corrected chi connectivity index (χ4v) is 1.37. The van der Waals surface area contributed by atoms with Crippen LogP contribution >= 0.6 is 0 Å². The first-order chi connectivity index (χ1) is 7.39. The van der Waals surface area contributed by atoms with Crippen molar-refractivity contribution in [2.75, 3.05) is 5.32 Å². The zero-order chi connectivity index (χ0) is 12.2. The second-order valence-corrected chi connectivity index (χ2v) is 4.88. The maximum absolute atomic E-state index is 10.8. The van der Waals surface area contributed by atoms with Gasteiger partial charge in [-0.1, -0.05) is 11.2 Å². The van der Waals surface area contributed by atoms with E-state index in [1.807, 2.05) is 41.7 Å². The monoisotopic (exact) mass is 216 g/mol. The number of hydrogen-bond acceptors (Lipinski definition) is 3.